The number of hydrogen-bond acceptors (Lipinski definition) is 2. The minimum absolute atomic E-state index is 0.541. The van der Waals surface area contributed by atoms with Gasteiger partial charge in [0.15, 0.2) is 0 Å². The second-order valence-electron chi connectivity index (χ2n) is 2.81. The first-order chi connectivity index (χ1) is 6.77. The molecule has 70 valence electrons. The van der Waals surface area contributed by atoms with Crippen molar-refractivity contribution in [2.45, 2.75) is 0 Å². The van der Waals surface area contributed by atoms with Gasteiger partial charge in [-0.2, -0.15) is 5.26 Å². The molecule has 0 unspecified atom stereocenters. The van der Waals surface area contributed by atoms with Gasteiger partial charge in [-0.1, -0.05) is 11.6 Å². The Morgan fingerprint density at radius 1 is 1.50 bits per heavy atom. The summed E-state index contributed by atoms with van der Waals surface area (Å²) in [5.41, 5.74) is 1.28. The normalized spacial score (nSPS) is 10.1. The summed E-state index contributed by atoms with van der Waals surface area (Å²) in [4.78, 5) is 2.95. The van der Waals surface area contributed by atoms with Gasteiger partial charge < -0.3 is 9.72 Å². The molecule has 2 aromatic rings. The van der Waals surface area contributed by atoms with E-state index < -0.39 is 0 Å². The van der Waals surface area contributed by atoms with Gasteiger partial charge in [0, 0.05) is 6.20 Å². The first-order valence-corrected chi connectivity index (χ1v) is 4.39. The molecule has 0 radical (unpaired) electrons. The molecule has 2 rings (SSSR count). The van der Waals surface area contributed by atoms with E-state index in [4.69, 9.17) is 21.6 Å². The number of fused-ring (bicyclic) bond motifs is 1. The molecule has 0 saturated heterocycles. The molecule has 0 aliphatic heterocycles. The Morgan fingerprint density at radius 2 is 2.29 bits per heavy atom. The molecule has 14 heavy (non-hydrogen) atoms. The van der Waals surface area contributed by atoms with Crippen LogP contribution in [-0.2, 0) is 0 Å². The number of halogens is 1. The highest BCUT2D eigenvalue weighted by Crippen LogP contribution is 2.32. The summed E-state index contributed by atoms with van der Waals surface area (Å²) in [5.74, 6) is 0.655. The van der Waals surface area contributed by atoms with Gasteiger partial charge in [0.05, 0.1) is 28.6 Å². The summed E-state index contributed by atoms with van der Waals surface area (Å²) in [6.07, 6.45) is 1.62. The van der Waals surface area contributed by atoms with Gasteiger partial charge in [0.1, 0.15) is 11.8 Å². The van der Waals surface area contributed by atoms with Gasteiger partial charge >= 0.3 is 0 Å². The average molecular weight is 207 g/mol. The van der Waals surface area contributed by atoms with E-state index >= 15 is 0 Å². The van der Waals surface area contributed by atoms with E-state index in [9.17, 15) is 0 Å². The highest BCUT2D eigenvalue weighted by atomic mass is 35.5. The third-order valence-electron chi connectivity index (χ3n) is 2.09. The number of aromatic amines is 1. The fourth-order valence-corrected chi connectivity index (χ4v) is 1.65. The molecule has 0 aliphatic rings. The Labute approximate surface area is 85.9 Å². The van der Waals surface area contributed by atoms with Gasteiger partial charge in [-0.05, 0) is 12.1 Å². The maximum Gasteiger partial charge on any atom is 0.129 e. The fourth-order valence-electron chi connectivity index (χ4n) is 1.44. The van der Waals surface area contributed by atoms with Crippen molar-refractivity contribution >= 4 is 22.5 Å². The third kappa shape index (κ3) is 1.12. The molecule has 0 aliphatic carbocycles. The molecule has 1 aromatic heterocycles. The van der Waals surface area contributed by atoms with Crippen LogP contribution in [0.2, 0.25) is 5.02 Å². The van der Waals surface area contributed by atoms with Crippen LogP contribution in [0.5, 0.6) is 5.75 Å². The summed E-state index contributed by atoms with van der Waals surface area (Å²) >= 11 is 5.96. The van der Waals surface area contributed by atoms with Crippen LogP contribution in [0.1, 0.15) is 5.56 Å². The Balaban J connectivity index is 2.90. The zero-order valence-corrected chi connectivity index (χ0v) is 8.22. The highest BCUT2D eigenvalue weighted by Gasteiger charge is 2.11. The predicted molar refractivity (Wildman–Crippen MR) is 54.6 cm³/mol. The lowest BCUT2D eigenvalue weighted by atomic mass is 10.1. The van der Waals surface area contributed by atoms with E-state index in [0.29, 0.717) is 16.3 Å². The molecule has 0 amide bonds. The molecule has 1 N–H and O–H groups in total. The summed E-state index contributed by atoms with van der Waals surface area (Å²) in [7, 11) is 1.57. The summed E-state index contributed by atoms with van der Waals surface area (Å²) in [6, 6.07) is 5.57. The van der Waals surface area contributed by atoms with Crippen molar-refractivity contribution in [2.75, 3.05) is 7.11 Å². The lowest BCUT2D eigenvalue weighted by Gasteiger charge is -2.02. The SMILES string of the molecule is COc1ccc(Cl)c2[nH]cc(C#N)c12. The molecule has 3 nitrogen and oxygen atoms in total. The van der Waals surface area contributed by atoms with E-state index in [1.807, 2.05) is 0 Å². The predicted octanol–water partition coefficient (Wildman–Crippen LogP) is 2.70. The maximum absolute atomic E-state index is 8.87. The smallest absolute Gasteiger partial charge is 0.129 e. The number of benzene rings is 1. The lowest BCUT2D eigenvalue weighted by Crippen LogP contribution is -1.84. The maximum atomic E-state index is 8.87. The van der Waals surface area contributed by atoms with Crippen LogP contribution in [-0.4, -0.2) is 12.1 Å². The molecular weight excluding hydrogens is 200 g/mol. The second kappa shape index (κ2) is 3.24. The summed E-state index contributed by atoms with van der Waals surface area (Å²) < 4.78 is 5.15. The Hall–Kier alpha value is -1.66. The third-order valence-corrected chi connectivity index (χ3v) is 2.40. The van der Waals surface area contributed by atoms with Crippen LogP contribution < -0.4 is 4.74 Å². The largest absolute Gasteiger partial charge is 0.496 e. The standard InChI is InChI=1S/C10H7ClN2O/c1-14-8-3-2-7(11)10-9(8)6(4-12)5-13-10/h2-3,5,13H,1H3. The number of rotatable bonds is 1. The number of aromatic nitrogens is 1. The van der Waals surface area contributed by atoms with Crippen molar-refractivity contribution in [1.29, 1.82) is 5.26 Å². The first kappa shape index (κ1) is 8.92. The number of nitrogens with zero attached hydrogens (tertiary/aromatic N) is 1. The molecule has 0 atom stereocenters. The molecular formula is C10H7ClN2O. The lowest BCUT2D eigenvalue weighted by molar-refractivity contribution is 0.420. The molecule has 0 saturated carbocycles. The number of methoxy groups -OCH3 is 1. The molecule has 4 heteroatoms. The van der Waals surface area contributed by atoms with E-state index in [-0.39, 0.29) is 0 Å². The molecule has 1 aromatic carbocycles. The summed E-state index contributed by atoms with van der Waals surface area (Å²) in [5, 5.41) is 10.2. The van der Waals surface area contributed by atoms with E-state index in [1.165, 1.54) is 0 Å². The fraction of sp³-hybridized carbons (Fsp3) is 0.100. The molecule has 0 bridgehead atoms. The molecule has 0 fully saturated rings. The number of nitrogens with one attached hydrogen (secondary N) is 1. The zero-order valence-electron chi connectivity index (χ0n) is 7.47. The zero-order chi connectivity index (χ0) is 10.1. The minimum atomic E-state index is 0.541. The van der Waals surface area contributed by atoms with Crippen LogP contribution in [0.25, 0.3) is 10.9 Å². The van der Waals surface area contributed by atoms with Crippen molar-refractivity contribution in [2.24, 2.45) is 0 Å². The van der Waals surface area contributed by atoms with Gasteiger partial charge in [-0.3, -0.25) is 0 Å². The van der Waals surface area contributed by atoms with Gasteiger partial charge in [0.2, 0.25) is 0 Å². The minimum Gasteiger partial charge on any atom is -0.496 e. The van der Waals surface area contributed by atoms with Crippen molar-refractivity contribution < 1.29 is 4.74 Å². The summed E-state index contributed by atoms with van der Waals surface area (Å²) in [6.45, 7) is 0. The van der Waals surface area contributed by atoms with Crippen molar-refractivity contribution in [3.8, 4) is 11.8 Å². The highest BCUT2D eigenvalue weighted by molar-refractivity contribution is 6.35. The number of hydrogen-bond donors (Lipinski definition) is 1. The number of nitriles is 1. The monoisotopic (exact) mass is 206 g/mol. The quantitative estimate of drug-likeness (QED) is 0.780. The second-order valence-corrected chi connectivity index (χ2v) is 3.22. The van der Waals surface area contributed by atoms with Crippen LogP contribution in [0.4, 0.5) is 0 Å². The number of H-pyrrole nitrogens is 1. The Kier molecular flexibility index (Phi) is 2.06. The van der Waals surface area contributed by atoms with E-state index in [2.05, 4.69) is 11.1 Å². The van der Waals surface area contributed by atoms with E-state index in [0.717, 1.165) is 10.9 Å². The molecule has 0 spiro atoms. The van der Waals surface area contributed by atoms with E-state index in [1.54, 1.807) is 25.4 Å². The van der Waals surface area contributed by atoms with Crippen LogP contribution in [0.15, 0.2) is 18.3 Å². The van der Waals surface area contributed by atoms with Gasteiger partial charge in [0.25, 0.3) is 0 Å². The Morgan fingerprint density at radius 3 is 2.93 bits per heavy atom. The van der Waals surface area contributed by atoms with Crippen molar-refractivity contribution in [1.82, 2.24) is 4.98 Å². The molecule has 1 heterocycles. The van der Waals surface area contributed by atoms with Crippen molar-refractivity contribution in [3.05, 3.63) is 28.9 Å². The average Bonchev–Trinajstić information content (AvgIpc) is 2.63. The van der Waals surface area contributed by atoms with Crippen LogP contribution in [0.3, 0.4) is 0 Å². The van der Waals surface area contributed by atoms with Crippen LogP contribution in [0, 0.1) is 11.3 Å². The number of ether oxygens (including phenoxy) is 1. The van der Waals surface area contributed by atoms with Gasteiger partial charge in [-0.15, -0.1) is 0 Å². The van der Waals surface area contributed by atoms with Crippen LogP contribution >= 0.6 is 11.6 Å². The Bertz CT molecular complexity index is 525. The first-order valence-electron chi connectivity index (χ1n) is 4.01. The van der Waals surface area contributed by atoms with Crippen molar-refractivity contribution in [3.63, 3.8) is 0 Å². The van der Waals surface area contributed by atoms with Gasteiger partial charge in [-0.25, -0.2) is 0 Å². The topological polar surface area (TPSA) is 48.8 Å².